The number of nitrogens with two attached hydrogens (primary N) is 1. The average molecular weight is 324 g/mol. The molecule has 0 heterocycles. The molecule has 0 aliphatic rings. The Morgan fingerprint density at radius 2 is 1.91 bits per heavy atom. The maximum atomic E-state index is 12.8. The quantitative estimate of drug-likeness (QED) is 0.515. The zero-order chi connectivity index (χ0) is 17.1. The van der Waals surface area contributed by atoms with Crippen molar-refractivity contribution in [2.24, 2.45) is 5.73 Å². The van der Waals surface area contributed by atoms with Crippen LogP contribution in [0.25, 0.3) is 0 Å². The summed E-state index contributed by atoms with van der Waals surface area (Å²) >= 11 is 0. The Balaban J connectivity index is 2.43. The van der Waals surface area contributed by atoms with Crippen LogP contribution in [0.5, 0.6) is 0 Å². The second-order valence-electron chi connectivity index (χ2n) is 5.23. The Bertz CT molecular complexity index is 493. The van der Waals surface area contributed by atoms with Crippen LogP contribution in [0.1, 0.15) is 31.7 Å². The van der Waals surface area contributed by atoms with E-state index in [4.69, 9.17) is 5.73 Å². The topological polar surface area (TPSA) is 96.2 Å². The molecule has 0 radical (unpaired) electrons. The summed E-state index contributed by atoms with van der Waals surface area (Å²) in [6, 6.07) is 4.85. The molecular formula is C16H25FN4O2. The number of carbonyl (C=O) groups excluding carboxylic acids is 2. The van der Waals surface area contributed by atoms with Gasteiger partial charge in [-0.1, -0.05) is 25.5 Å². The summed E-state index contributed by atoms with van der Waals surface area (Å²) in [5.74, 6) is -0.535. The summed E-state index contributed by atoms with van der Waals surface area (Å²) < 4.78 is 12.8. The van der Waals surface area contributed by atoms with Crippen molar-refractivity contribution in [3.8, 4) is 0 Å². The molecule has 1 rings (SSSR count). The molecule has 0 saturated carbocycles. The van der Waals surface area contributed by atoms with E-state index in [1.54, 1.807) is 12.1 Å². The lowest BCUT2D eigenvalue weighted by Gasteiger charge is -2.18. The van der Waals surface area contributed by atoms with Crippen LogP contribution in [-0.4, -0.2) is 31.1 Å². The molecule has 7 heteroatoms. The van der Waals surface area contributed by atoms with Crippen molar-refractivity contribution in [2.75, 3.05) is 13.1 Å². The lowest BCUT2D eigenvalue weighted by molar-refractivity contribution is -0.123. The Morgan fingerprint density at radius 1 is 1.22 bits per heavy atom. The molecule has 0 aliphatic heterocycles. The number of hydrogen-bond donors (Lipinski definition) is 4. The highest BCUT2D eigenvalue weighted by molar-refractivity contribution is 5.86. The molecule has 0 bridgehead atoms. The van der Waals surface area contributed by atoms with E-state index in [1.807, 2.05) is 6.92 Å². The van der Waals surface area contributed by atoms with Crippen molar-refractivity contribution in [2.45, 2.75) is 38.8 Å². The first-order chi connectivity index (χ1) is 11.1. The molecule has 0 fully saturated rings. The average Bonchev–Trinajstić information content (AvgIpc) is 2.54. The van der Waals surface area contributed by atoms with Gasteiger partial charge in [0.25, 0.3) is 0 Å². The van der Waals surface area contributed by atoms with Crippen LogP contribution in [0.3, 0.4) is 0 Å². The minimum atomic E-state index is -0.578. The second-order valence-corrected chi connectivity index (χ2v) is 5.23. The van der Waals surface area contributed by atoms with Gasteiger partial charge in [-0.2, -0.15) is 0 Å². The van der Waals surface area contributed by atoms with Gasteiger partial charge in [0.15, 0.2) is 0 Å². The van der Waals surface area contributed by atoms with Crippen LogP contribution in [0, 0.1) is 5.82 Å². The molecule has 0 saturated heterocycles. The van der Waals surface area contributed by atoms with Crippen LogP contribution < -0.4 is 21.7 Å². The van der Waals surface area contributed by atoms with Gasteiger partial charge in [0.2, 0.25) is 5.91 Å². The van der Waals surface area contributed by atoms with Gasteiger partial charge < -0.3 is 21.7 Å². The van der Waals surface area contributed by atoms with E-state index in [2.05, 4.69) is 16.0 Å². The highest BCUT2D eigenvalue weighted by atomic mass is 19.1. The first-order valence-corrected chi connectivity index (χ1v) is 7.83. The Labute approximate surface area is 136 Å². The molecule has 23 heavy (non-hydrogen) atoms. The van der Waals surface area contributed by atoms with Crippen LogP contribution in [-0.2, 0) is 11.3 Å². The molecule has 1 unspecified atom stereocenters. The van der Waals surface area contributed by atoms with Crippen LogP contribution in [0.2, 0.25) is 0 Å². The first kappa shape index (κ1) is 18.9. The molecule has 0 spiro atoms. The maximum Gasteiger partial charge on any atom is 0.315 e. The lowest BCUT2D eigenvalue weighted by Crippen LogP contribution is -2.50. The van der Waals surface area contributed by atoms with E-state index in [9.17, 15) is 14.0 Å². The minimum absolute atomic E-state index is 0.211. The predicted octanol–water partition coefficient (Wildman–Crippen LogP) is 1.26. The van der Waals surface area contributed by atoms with Crippen molar-refractivity contribution < 1.29 is 14.0 Å². The largest absolute Gasteiger partial charge is 0.354 e. The van der Waals surface area contributed by atoms with Crippen LogP contribution in [0.4, 0.5) is 9.18 Å². The Kier molecular flexibility index (Phi) is 8.67. The van der Waals surface area contributed by atoms with Crippen molar-refractivity contribution in [1.29, 1.82) is 0 Å². The SMILES string of the molecule is CCCC(NC(=O)NCc1ccc(F)cc1)C(=O)NCCCN. The number of urea groups is 1. The maximum absolute atomic E-state index is 12.8. The molecule has 1 atom stereocenters. The van der Waals surface area contributed by atoms with Crippen molar-refractivity contribution in [3.63, 3.8) is 0 Å². The van der Waals surface area contributed by atoms with Gasteiger partial charge in [-0.15, -0.1) is 0 Å². The molecule has 128 valence electrons. The van der Waals surface area contributed by atoms with E-state index in [1.165, 1.54) is 12.1 Å². The summed E-state index contributed by atoms with van der Waals surface area (Å²) in [6.45, 7) is 3.21. The fraction of sp³-hybridized carbons (Fsp3) is 0.500. The summed E-state index contributed by atoms with van der Waals surface area (Å²) in [5.41, 5.74) is 6.16. The molecule has 0 aromatic heterocycles. The lowest BCUT2D eigenvalue weighted by atomic mass is 10.1. The third kappa shape index (κ3) is 7.60. The third-order valence-corrected chi connectivity index (χ3v) is 3.25. The molecule has 1 aromatic carbocycles. The van der Waals surface area contributed by atoms with E-state index in [-0.39, 0.29) is 18.3 Å². The number of amides is 3. The molecule has 3 amide bonds. The fourth-order valence-electron chi connectivity index (χ4n) is 1.99. The Morgan fingerprint density at radius 3 is 2.52 bits per heavy atom. The van der Waals surface area contributed by atoms with E-state index in [0.29, 0.717) is 25.9 Å². The molecular weight excluding hydrogens is 299 g/mol. The van der Waals surface area contributed by atoms with Gasteiger partial charge in [-0.25, -0.2) is 9.18 Å². The minimum Gasteiger partial charge on any atom is -0.354 e. The number of halogens is 1. The number of benzene rings is 1. The summed E-state index contributed by atoms with van der Waals surface area (Å²) in [7, 11) is 0. The Hall–Kier alpha value is -2.15. The third-order valence-electron chi connectivity index (χ3n) is 3.25. The first-order valence-electron chi connectivity index (χ1n) is 7.83. The van der Waals surface area contributed by atoms with E-state index >= 15 is 0 Å². The molecule has 5 N–H and O–H groups in total. The van der Waals surface area contributed by atoms with Crippen LogP contribution in [0.15, 0.2) is 24.3 Å². The zero-order valence-electron chi connectivity index (χ0n) is 13.4. The zero-order valence-corrected chi connectivity index (χ0v) is 13.4. The number of carbonyl (C=O) groups is 2. The summed E-state index contributed by atoms with van der Waals surface area (Å²) in [5, 5.41) is 8.07. The van der Waals surface area contributed by atoms with Gasteiger partial charge >= 0.3 is 6.03 Å². The van der Waals surface area contributed by atoms with Gasteiger partial charge in [-0.05, 0) is 37.1 Å². The number of hydrogen-bond acceptors (Lipinski definition) is 3. The normalized spacial score (nSPS) is 11.6. The summed E-state index contributed by atoms with van der Waals surface area (Å²) in [4.78, 5) is 23.9. The second kappa shape index (κ2) is 10.6. The number of nitrogens with one attached hydrogen (secondary N) is 3. The smallest absolute Gasteiger partial charge is 0.315 e. The molecule has 1 aromatic rings. The monoisotopic (exact) mass is 324 g/mol. The van der Waals surface area contributed by atoms with Gasteiger partial charge in [0, 0.05) is 13.1 Å². The standard InChI is InChI=1S/C16H25FN4O2/c1-2-4-14(15(22)19-10-3-9-18)21-16(23)20-11-12-5-7-13(17)8-6-12/h5-8,14H,2-4,9-11,18H2,1H3,(H,19,22)(H2,20,21,23). The highest BCUT2D eigenvalue weighted by Crippen LogP contribution is 2.02. The molecule has 6 nitrogen and oxygen atoms in total. The van der Waals surface area contributed by atoms with Gasteiger partial charge in [-0.3, -0.25) is 4.79 Å². The van der Waals surface area contributed by atoms with Gasteiger partial charge in [0.05, 0.1) is 0 Å². The van der Waals surface area contributed by atoms with Crippen molar-refractivity contribution in [1.82, 2.24) is 16.0 Å². The molecule has 0 aliphatic carbocycles. The van der Waals surface area contributed by atoms with Crippen molar-refractivity contribution in [3.05, 3.63) is 35.6 Å². The predicted molar refractivity (Wildman–Crippen MR) is 87.1 cm³/mol. The fourth-order valence-corrected chi connectivity index (χ4v) is 1.99. The summed E-state index contributed by atoms with van der Waals surface area (Å²) in [6.07, 6.45) is 2.02. The van der Waals surface area contributed by atoms with E-state index in [0.717, 1.165) is 12.0 Å². The van der Waals surface area contributed by atoms with Crippen molar-refractivity contribution >= 4 is 11.9 Å². The highest BCUT2D eigenvalue weighted by Gasteiger charge is 2.19. The van der Waals surface area contributed by atoms with Gasteiger partial charge in [0.1, 0.15) is 11.9 Å². The van der Waals surface area contributed by atoms with E-state index < -0.39 is 12.1 Å². The number of rotatable bonds is 9. The van der Waals surface area contributed by atoms with Crippen LogP contribution >= 0.6 is 0 Å².